The summed E-state index contributed by atoms with van der Waals surface area (Å²) in [7, 11) is -1.17. The van der Waals surface area contributed by atoms with Gasteiger partial charge in [0.05, 0.1) is 5.75 Å². The van der Waals surface area contributed by atoms with Gasteiger partial charge in [0.2, 0.25) is 0 Å². The third-order valence-corrected chi connectivity index (χ3v) is 5.06. The minimum absolute atomic E-state index is 0.0916. The van der Waals surface area contributed by atoms with Gasteiger partial charge in [0.15, 0.2) is 15.8 Å². The fourth-order valence-corrected chi connectivity index (χ4v) is 3.59. The lowest BCUT2D eigenvalue weighted by Gasteiger charge is -2.32. The van der Waals surface area contributed by atoms with Gasteiger partial charge in [-0.25, -0.2) is 8.42 Å². The summed E-state index contributed by atoms with van der Waals surface area (Å²) in [6.45, 7) is 5.09. The van der Waals surface area contributed by atoms with E-state index in [-0.39, 0.29) is 5.75 Å². The van der Waals surface area contributed by atoms with Gasteiger partial charge in [-0.15, -0.1) is 0 Å². The van der Waals surface area contributed by atoms with Crippen molar-refractivity contribution < 1.29 is 8.42 Å². The van der Waals surface area contributed by atoms with E-state index in [0.29, 0.717) is 6.54 Å². The van der Waals surface area contributed by atoms with E-state index < -0.39 is 9.84 Å². The van der Waals surface area contributed by atoms with Gasteiger partial charge < -0.3 is 10.2 Å². The predicted molar refractivity (Wildman–Crippen MR) is 95.2 cm³/mol. The predicted octanol–water partition coefficient (Wildman–Crippen LogP) is 2.04. The zero-order chi connectivity index (χ0) is 16.9. The van der Waals surface area contributed by atoms with Gasteiger partial charge in [-0.3, -0.25) is 4.99 Å². The van der Waals surface area contributed by atoms with Gasteiger partial charge in [0, 0.05) is 32.9 Å². The van der Waals surface area contributed by atoms with Gasteiger partial charge >= 0.3 is 0 Å². The normalized spacial score (nSPS) is 17.3. The molecule has 0 spiro atoms. The van der Waals surface area contributed by atoms with Crippen molar-refractivity contribution in [3.63, 3.8) is 0 Å². The van der Waals surface area contributed by atoms with E-state index in [1.165, 1.54) is 19.1 Å². The minimum Gasteiger partial charge on any atom is -0.352 e. The molecule has 0 amide bonds. The molecule has 1 aromatic carbocycles. The topological polar surface area (TPSA) is 61.8 Å². The molecule has 6 heteroatoms. The van der Waals surface area contributed by atoms with Crippen molar-refractivity contribution in [1.82, 2.24) is 10.2 Å². The van der Waals surface area contributed by atoms with Crippen molar-refractivity contribution in [1.29, 1.82) is 0 Å². The molecule has 0 atom stereocenters. The summed E-state index contributed by atoms with van der Waals surface area (Å²) in [5.74, 6) is 1.83. The molecule has 1 aromatic rings. The van der Waals surface area contributed by atoms with Crippen LogP contribution >= 0.6 is 0 Å². The third kappa shape index (κ3) is 5.86. The SMILES string of the molecule is CN=C(NCc1ccc(CS(C)(=O)=O)cc1)N1CCC(C)CC1. The number of piperidine rings is 1. The lowest BCUT2D eigenvalue weighted by atomic mass is 9.99. The van der Waals surface area contributed by atoms with Gasteiger partial charge in [-0.05, 0) is 29.9 Å². The fraction of sp³-hybridized carbons (Fsp3) is 0.588. The number of rotatable bonds is 4. The number of likely N-dealkylation sites (tertiary alicyclic amines) is 1. The van der Waals surface area contributed by atoms with Crippen LogP contribution in [0.2, 0.25) is 0 Å². The standard InChI is InChI=1S/C17H27N3O2S/c1-14-8-10-20(11-9-14)17(18-2)19-12-15-4-6-16(7-5-15)13-23(3,21)22/h4-7,14H,8-13H2,1-3H3,(H,18,19). The van der Waals surface area contributed by atoms with Gasteiger partial charge in [-0.1, -0.05) is 31.2 Å². The van der Waals surface area contributed by atoms with Gasteiger partial charge in [0.25, 0.3) is 0 Å². The number of sulfone groups is 1. The first-order chi connectivity index (χ1) is 10.9. The molecule has 1 aliphatic heterocycles. The van der Waals surface area contributed by atoms with Crippen molar-refractivity contribution in [3.8, 4) is 0 Å². The molecule has 0 aliphatic carbocycles. The van der Waals surface area contributed by atoms with Crippen LogP contribution in [-0.2, 0) is 22.1 Å². The average molecular weight is 337 g/mol. The van der Waals surface area contributed by atoms with Crippen molar-refractivity contribution in [2.45, 2.75) is 32.1 Å². The number of benzene rings is 1. The number of nitrogens with one attached hydrogen (secondary N) is 1. The zero-order valence-electron chi connectivity index (χ0n) is 14.2. The largest absolute Gasteiger partial charge is 0.352 e. The molecular formula is C17H27N3O2S. The van der Waals surface area contributed by atoms with E-state index in [0.717, 1.165) is 36.1 Å². The number of aliphatic imine (C=N–C) groups is 1. The summed E-state index contributed by atoms with van der Waals surface area (Å²) in [5, 5.41) is 3.40. The number of nitrogens with zero attached hydrogens (tertiary/aromatic N) is 2. The Morgan fingerprint density at radius 3 is 2.30 bits per heavy atom. The molecule has 1 N–H and O–H groups in total. The maximum absolute atomic E-state index is 11.3. The second kappa shape index (κ2) is 7.81. The lowest BCUT2D eigenvalue weighted by molar-refractivity contribution is 0.273. The summed E-state index contributed by atoms with van der Waals surface area (Å²) in [6.07, 6.45) is 3.67. The van der Waals surface area contributed by atoms with Crippen LogP contribution in [0, 0.1) is 5.92 Å². The molecule has 2 rings (SSSR count). The Kier molecular flexibility index (Phi) is 6.04. The highest BCUT2D eigenvalue weighted by Crippen LogP contribution is 2.16. The first kappa shape index (κ1) is 17.8. The number of hydrogen-bond donors (Lipinski definition) is 1. The Balaban J connectivity index is 1.89. The van der Waals surface area contributed by atoms with E-state index in [1.807, 2.05) is 31.3 Å². The van der Waals surface area contributed by atoms with Crippen molar-refractivity contribution in [2.24, 2.45) is 10.9 Å². The Bertz CT molecular complexity index is 630. The molecule has 0 radical (unpaired) electrons. The Labute approximate surface area is 139 Å². The molecule has 23 heavy (non-hydrogen) atoms. The van der Waals surface area contributed by atoms with Crippen LogP contribution in [0.1, 0.15) is 30.9 Å². The molecule has 0 aromatic heterocycles. The maximum atomic E-state index is 11.3. The van der Waals surface area contributed by atoms with Crippen LogP contribution in [0.5, 0.6) is 0 Å². The van der Waals surface area contributed by atoms with Gasteiger partial charge in [0.1, 0.15) is 0 Å². The molecular weight excluding hydrogens is 310 g/mol. The van der Waals surface area contributed by atoms with Crippen LogP contribution < -0.4 is 5.32 Å². The average Bonchev–Trinajstić information content (AvgIpc) is 2.49. The quantitative estimate of drug-likeness (QED) is 0.675. The molecule has 1 fully saturated rings. The maximum Gasteiger partial charge on any atom is 0.193 e. The summed E-state index contributed by atoms with van der Waals surface area (Å²) < 4.78 is 22.6. The zero-order valence-corrected chi connectivity index (χ0v) is 15.1. The number of hydrogen-bond acceptors (Lipinski definition) is 3. The summed E-state index contributed by atoms with van der Waals surface area (Å²) in [4.78, 5) is 6.67. The highest BCUT2D eigenvalue weighted by atomic mass is 32.2. The lowest BCUT2D eigenvalue weighted by Crippen LogP contribution is -2.45. The van der Waals surface area contributed by atoms with Crippen LogP contribution in [-0.4, -0.2) is 45.7 Å². The Hall–Kier alpha value is -1.56. The smallest absolute Gasteiger partial charge is 0.193 e. The first-order valence-corrected chi connectivity index (χ1v) is 10.1. The van der Waals surface area contributed by atoms with Crippen molar-refractivity contribution in [2.75, 3.05) is 26.4 Å². The highest BCUT2D eigenvalue weighted by Gasteiger charge is 2.18. The van der Waals surface area contributed by atoms with Gasteiger partial charge in [-0.2, -0.15) is 0 Å². The van der Waals surface area contributed by atoms with E-state index in [4.69, 9.17) is 0 Å². The molecule has 1 saturated heterocycles. The van der Waals surface area contributed by atoms with Crippen molar-refractivity contribution in [3.05, 3.63) is 35.4 Å². The summed E-state index contributed by atoms with van der Waals surface area (Å²) in [6, 6.07) is 7.70. The van der Waals surface area contributed by atoms with E-state index in [1.54, 1.807) is 0 Å². The van der Waals surface area contributed by atoms with Crippen LogP contribution in [0.25, 0.3) is 0 Å². The molecule has 0 saturated carbocycles. The Morgan fingerprint density at radius 2 is 1.78 bits per heavy atom. The summed E-state index contributed by atoms with van der Waals surface area (Å²) >= 11 is 0. The second-order valence-electron chi connectivity index (χ2n) is 6.46. The minimum atomic E-state index is -2.98. The van der Waals surface area contributed by atoms with Crippen LogP contribution in [0.4, 0.5) is 0 Å². The highest BCUT2D eigenvalue weighted by molar-refractivity contribution is 7.89. The second-order valence-corrected chi connectivity index (χ2v) is 8.60. The molecule has 5 nitrogen and oxygen atoms in total. The summed E-state index contributed by atoms with van der Waals surface area (Å²) in [5.41, 5.74) is 1.94. The molecule has 1 heterocycles. The van der Waals surface area contributed by atoms with E-state index in [9.17, 15) is 8.42 Å². The van der Waals surface area contributed by atoms with Crippen LogP contribution in [0.3, 0.4) is 0 Å². The monoisotopic (exact) mass is 337 g/mol. The Morgan fingerprint density at radius 1 is 1.22 bits per heavy atom. The molecule has 128 valence electrons. The van der Waals surface area contributed by atoms with Crippen LogP contribution in [0.15, 0.2) is 29.3 Å². The first-order valence-electron chi connectivity index (χ1n) is 8.08. The van der Waals surface area contributed by atoms with Crippen molar-refractivity contribution >= 4 is 15.8 Å². The van der Waals surface area contributed by atoms with E-state index in [2.05, 4.69) is 22.1 Å². The number of guanidine groups is 1. The van der Waals surface area contributed by atoms with E-state index >= 15 is 0 Å². The molecule has 1 aliphatic rings. The third-order valence-electron chi connectivity index (χ3n) is 4.20. The molecule has 0 unspecified atom stereocenters. The fourth-order valence-electron chi connectivity index (χ4n) is 2.79. The molecule has 0 bridgehead atoms.